The number of aromatic carboxylic acids is 1. The van der Waals surface area contributed by atoms with E-state index in [4.69, 9.17) is 0 Å². The van der Waals surface area contributed by atoms with Crippen LogP contribution in [0.2, 0.25) is 0 Å². The number of aromatic amines is 1. The van der Waals surface area contributed by atoms with Gasteiger partial charge in [-0.25, -0.2) is 9.78 Å². The number of carbonyl (C=O) groups is 1. The monoisotopic (exact) mass is 491 g/mol. The van der Waals surface area contributed by atoms with Crippen molar-refractivity contribution >= 4 is 45.8 Å². The van der Waals surface area contributed by atoms with E-state index in [1.54, 1.807) is 0 Å². The summed E-state index contributed by atoms with van der Waals surface area (Å²) in [7, 11) is 0. The molecule has 0 amide bonds. The van der Waals surface area contributed by atoms with Crippen LogP contribution in [0.3, 0.4) is 0 Å². The number of nitrogens with one attached hydrogen (secondary N) is 2. The van der Waals surface area contributed by atoms with E-state index in [2.05, 4.69) is 19.7 Å². The van der Waals surface area contributed by atoms with Crippen molar-refractivity contribution in [3.63, 3.8) is 0 Å². The molecule has 0 aliphatic heterocycles. The fourth-order valence-electron chi connectivity index (χ4n) is 4.03. The van der Waals surface area contributed by atoms with Crippen molar-refractivity contribution in [2.75, 3.05) is 11.9 Å². The van der Waals surface area contributed by atoms with E-state index in [1.807, 2.05) is 66.9 Å². The lowest BCUT2D eigenvalue weighted by atomic mass is 9.98. The number of hydrogen-bond acceptors (Lipinski definition) is 7. The average molecular weight is 492 g/mol. The largest absolute Gasteiger partial charge is 0.477 e. The van der Waals surface area contributed by atoms with E-state index < -0.39 is 5.97 Å². The van der Waals surface area contributed by atoms with E-state index in [1.165, 1.54) is 11.3 Å². The molecule has 0 aliphatic carbocycles. The first-order valence-corrected chi connectivity index (χ1v) is 12.3. The molecular weight excluding hydrogens is 470 g/mol. The smallest absolute Gasteiger partial charge is 0.348 e. The molecule has 0 saturated heterocycles. The minimum absolute atomic E-state index is 0.187. The summed E-state index contributed by atoms with van der Waals surface area (Å²) in [6.07, 6.45) is 0. The lowest BCUT2D eigenvalue weighted by Crippen LogP contribution is -2.09. The topological polar surface area (TPSA) is 113 Å². The molecule has 0 bridgehead atoms. The van der Waals surface area contributed by atoms with Gasteiger partial charge in [-0.15, -0.1) is 11.3 Å². The molecule has 0 fully saturated rings. The van der Waals surface area contributed by atoms with E-state index >= 15 is 0 Å². The van der Waals surface area contributed by atoms with Crippen LogP contribution >= 0.6 is 22.9 Å². The zero-order valence-electron chi connectivity index (χ0n) is 18.5. The number of aromatic nitrogens is 4. The van der Waals surface area contributed by atoms with Gasteiger partial charge in [0.15, 0.2) is 5.82 Å². The minimum Gasteiger partial charge on any atom is -0.477 e. The van der Waals surface area contributed by atoms with Crippen molar-refractivity contribution in [1.82, 2.24) is 18.9 Å². The average Bonchev–Trinajstić information content (AvgIpc) is 3.51. The number of H-pyrrole nitrogens is 1. The Kier molecular flexibility index (Phi) is 5.76. The standard InChI is InChI=1S/C24H21N5O3S2/c1-3-25-23-26-18-13(2)33-20(22(30)31)19(18)29(23)12-14-8-10-15(11-9-14)16-6-4-5-7-17(16)21-27-24(32)34-28-21/h4-11H,3,12H2,1-2H3,(H,25,26)(H,30,31)(H,27,28,32). The fourth-order valence-corrected chi connectivity index (χ4v) is 5.43. The number of anilines is 1. The number of carboxylic acids is 1. The van der Waals surface area contributed by atoms with Crippen LogP contribution in [0.15, 0.2) is 53.3 Å². The first-order chi connectivity index (χ1) is 16.5. The molecule has 3 aromatic heterocycles. The molecule has 0 radical (unpaired) electrons. The van der Waals surface area contributed by atoms with Crippen molar-refractivity contribution in [2.45, 2.75) is 20.4 Å². The van der Waals surface area contributed by atoms with Crippen LogP contribution in [0.1, 0.15) is 27.0 Å². The maximum absolute atomic E-state index is 11.9. The molecule has 34 heavy (non-hydrogen) atoms. The summed E-state index contributed by atoms with van der Waals surface area (Å²) in [5, 5.41) is 13.0. The number of carboxylic acid groups (broad SMARTS) is 1. The second-order valence-electron chi connectivity index (χ2n) is 7.73. The third-order valence-electron chi connectivity index (χ3n) is 5.53. The van der Waals surface area contributed by atoms with Gasteiger partial charge in [0.1, 0.15) is 10.4 Å². The predicted molar refractivity (Wildman–Crippen MR) is 136 cm³/mol. The molecule has 0 atom stereocenters. The van der Waals surface area contributed by atoms with Crippen molar-refractivity contribution in [1.29, 1.82) is 0 Å². The summed E-state index contributed by atoms with van der Waals surface area (Å²) < 4.78 is 6.17. The number of thiophene rings is 1. The zero-order valence-corrected chi connectivity index (χ0v) is 20.1. The SMILES string of the molecule is CCNc1nc2c(C)sc(C(=O)O)c2n1Cc1ccc(-c2ccccc2-c2nsc(=O)[nH]2)cc1. The highest BCUT2D eigenvalue weighted by molar-refractivity contribution is 7.15. The summed E-state index contributed by atoms with van der Waals surface area (Å²) in [5.74, 6) is 0.270. The van der Waals surface area contributed by atoms with Crippen molar-refractivity contribution in [3.8, 4) is 22.5 Å². The van der Waals surface area contributed by atoms with Crippen LogP contribution in [0, 0.1) is 6.92 Å². The molecule has 5 rings (SSSR count). The van der Waals surface area contributed by atoms with Gasteiger partial charge in [-0.1, -0.05) is 48.5 Å². The summed E-state index contributed by atoms with van der Waals surface area (Å²) in [5.41, 5.74) is 5.21. The number of nitrogens with zero attached hydrogens (tertiary/aromatic N) is 3. The summed E-state index contributed by atoms with van der Waals surface area (Å²) in [6, 6.07) is 15.9. The Bertz CT molecular complexity index is 1560. The highest BCUT2D eigenvalue weighted by atomic mass is 32.1. The molecule has 3 heterocycles. The molecule has 3 N–H and O–H groups in total. The first-order valence-electron chi connectivity index (χ1n) is 10.7. The molecule has 0 unspecified atom stereocenters. The van der Waals surface area contributed by atoms with Crippen LogP contribution < -0.4 is 10.2 Å². The number of rotatable bonds is 7. The lowest BCUT2D eigenvalue weighted by molar-refractivity contribution is 0.0703. The maximum Gasteiger partial charge on any atom is 0.348 e. The van der Waals surface area contributed by atoms with Gasteiger partial charge in [0.25, 0.3) is 0 Å². The lowest BCUT2D eigenvalue weighted by Gasteiger charge is -2.12. The van der Waals surface area contributed by atoms with Gasteiger partial charge >= 0.3 is 10.8 Å². The Morgan fingerprint density at radius 1 is 1.15 bits per heavy atom. The Morgan fingerprint density at radius 3 is 2.53 bits per heavy atom. The van der Waals surface area contributed by atoms with Gasteiger partial charge in [0, 0.05) is 28.5 Å². The third kappa shape index (κ3) is 3.91. The van der Waals surface area contributed by atoms with Gasteiger partial charge in [-0.2, -0.15) is 4.37 Å². The molecule has 8 nitrogen and oxygen atoms in total. The Balaban J connectivity index is 1.52. The van der Waals surface area contributed by atoms with E-state index in [0.717, 1.165) is 44.2 Å². The van der Waals surface area contributed by atoms with Crippen molar-refractivity contribution in [2.24, 2.45) is 0 Å². The number of aryl methyl sites for hydroxylation is 1. The van der Waals surface area contributed by atoms with Crippen LogP contribution in [0.25, 0.3) is 33.5 Å². The Labute approximate surface area is 202 Å². The fraction of sp³-hybridized carbons (Fsp3) is 0.167. The zero-order chi connectivity index (χ0) is 23.8. The summed E-state index contributed by atoms with van der Waals surface area (Å²) in [6.45, 7) is 5.04. The van der Waals surface area contributed by atoms with Gasteiger partial charge in [0.2, 0.25) is 5.95 Å². The second-order valence-corrected chi connectivity index (χ2v) is 9.69. The number of imidazole rings is 1. The molecule has 0 spiro atoms. The Hall–Kier alpha value is -3.76. The quantitative estimate of drug-likeness (QED) is 0.293. The van der Waals surface area contributed by atoms with E-state index in [-0.39, 0.29) is 4.87 Å². The van der Waals surface area contributed by atoms with Gasteiger partial charge < -0.3 is 15.0 Å². The van der Waals surface area contributed by atoms with E-state index in [9.17, 15) is 14.7 Å². The first kappa shape index (κ1) is 22.1. The summed E-state index contributed by atoms with van der Waals surface area (Å²) >= 11 is 2.16. The molecule has 2 aromatic carbocycles. The van der Waals surface area contributed by atoms with Crippen molar-refractivity contribution < 1.29 is 9.90 Å². The summed E-state index contributed by atoms with van der Waals surface area (Å²) in [4.78, 5) is 31.9. The highest BCUT2D eigenvalue weighted by Gasteiger charge is 2.23. The maximum atomic E-state index is 11.9. The third-order valence-corrected chi connectivity index (χ3v) is 7.14. The van der Waals surface area contributed by atoms with Gasteiger partial charge in [-0.05, 0) is 30.5 Å². The molecule has 10 heteroatoms. The van der Waals surface area contributed by atoms with E-state index in [0.29, 0.717) is 35.3 Å². The van der Waals surface area contributed by atoms with Crippen LogP contribution in [0.5, 0.6) is 0 Å². The second kappa shape index (κ2) is 8.88. The molecule has 5 aromatic rings. The molecule has 0 saturated carbocycles. The van der Waals surface area contributed by atoms with Crippen LogP contribution in [-0.4, -0.2) is 36.5 Å². The number of fused-ring (bicyclic) bond motifs is 1. The van der Waals surface area contributed by atoms with Crippen LogP contribution in [-0.2, 0) is 6.54 Å². The predicted octanol–water partition coefficient (Wildman–Crippen LogP) is 5.06. The van der Waals surface area contributed by atoms with Crippen LogP contribution in [0.4, 0.5) is 5.95 Å². The molecule has 172 valence electrons. The molecule has 0 aliphatic rings. The normalized spacial score (nSPS) is 11.2. The minimum atomic E-state index is -0.945. The van der Waals surface area contributed by atoms with Gasteiger partial charge in [-0.3, -0.25) is 9.78 Å². The van der Waals surface area contributed by atoms with Gasteiger partial charge in [0.05, 0.1) is 12.1 Å². The Morgan fingerprint density at radius 2 is 1.88 bits per heavy atom. The number of benzene rings is 2. The highest BCUT2D eigenvalue weighted by Crippen LogP contribution is 2.34. The number of hydrogen-bond donors (Lipinski definition) is 3. The van der Waals surface area contributed by atoms with Crippen molar-refractivity contribution in [3.05, 3.63) is 73.5 Å². The molecular formula is C24H21N5O3S2.